The van der Waals surface area contributed by atoms with E-state index in [1.807, 2.05) is 63.2 Å². The molecule has 1 heterocycles. The largest absolute Gasteiger partial charge is 0.490 e. The molecule has 5 rings (SSSR count). The normalized spacial score (nSPS) is 13.7. The number of hydrogen-bond donors (Lipinski definition) is 1. The van der Waals surface area contributed by atoms with Crippen molar-refractivity contribution in [2.45, 2.75) is 39.7 Å². The molecule has 0 aromatic heterocycles. The highest BCUT2D eigenvalue weighted by molar-refractivity contribution is 6.37. The number of carbonyl (C=O) groups excluding carboxylic acids is 1. The van der Waals surface area contributed by atoms with Gasteiger partial charge in [0.2, 0.25) is 5.88 Å². The summed E-state index contributed by atoms with van der Waals surface area (Å²) in [6, 6.07) is 23.6. The minimum Gasteiger partial charge on any atom is -0.490 e. The Morgan fingerprint density at radius 2 is 1.67 bits per heavy atom. The maximum absolute atomic E-state index is 13.0. The van der Waals surface area contributed by atoms with E-state index in [0.717, 1.165) is 17.5 Å². The van der Waals surface area contributed by atoms with Crippen LogP contribution in [0.5, 0.6) is 28.7 Å². The van der Waals surface area contributed by atoms with Crippen LogP contribution >= 0.6 is 23.2 Å². The Labute approximate surface area is 277 Å². The van der Waals surface area contributed by atoms with Crippen LogP contribution in [0.4, 0.5) is 0 Å². The first-order valence-corrected chi connectivity index (χ1v) is 15.5. The molecule has 2 N–H and O–H groups in total. The van der Waals surface area contributed by atoms with Gasteiger partial charge in [-0.05, 0) is 61.7 Å². The molecule has 10 heteroatoms. The Morgan fingerprint density at radius 3 is 2.35 bits per heavy atom. The van der Waals surface area contributed by atoms with Crippen LogP contribution in [0.2, 0.25) is 10.0 Å². The predicted octanol–water partition coefficient (Wildman–Crippen LogP) is 8.51. The van der Waals surface area contributed by atoms with E-state index in [-0.39, 0.29) is 32.8 Å². The van der Waals surface area contributed by atoms with Gasteiger partial charge in [0.25, 0.3) is 0 Å². The molecule has 1 aliphatic heterocycles. The number of esters is 1. The molecule has 1 aliphatic rings. The first-order chi connectivity index (χ1) is 22.2. The molecule has 8 nitrogen and oxygen atoms in total. The maximum atomic E-state index is 13.0. The number of allylic oxidation sites excluding steroid dienone is 1. The lowest BCUT2D eigenvalue weighted by Gasteiger charge is -2.27. The molecule has 4 aromatic rings. The van der Waals surface area contributed by atoms with Gasteiger partial charge in [0.05, 0.1) is 34.7 Å². The zero-order valence-corrected chi connectivity index (χ0v) is 27.1. The lowest BCUT2D eigenvalue weighted by molar-refractivity contribution is 0.0734. The lowest BCUT2D eigenvalue weighted by atomic mass is 9.83. The molecule has 0 aliphatic carbocycles. The molecular formula is C36H32Cl2N2O6. The molecule has 0 saturated heterocycles. The number of nitrogens with two attached hydrogens (primary N) is 1. The zero-order valence-electron chi connectivity index (χ0n) is 25.6. The molecule has 236 valence electrons. The van der Waals surface area contributed by atoms with Gasteiger partial charge in [-0.1, -0.05) is 72.1 Å². The minimum atomic E-state index is -0.679. The number of nitriles is 1. The molecule has 0 spiro atoms. The van der Waals surface area contributed by atoms with E-state index in [1.54, 1.807) is 18.2 Å². The monoisotopic (exact) mass is 658 g/mol. The van der Waals surface area contributed by atoms with Crippen LogP contribution in [-0.4, -0.2) is 19.2 Å². The molecule has 0 saturated carbocycles. The summed E-state index contributed by atoms with van der Waals surface area (Å²) in [7, 11) is 0. The first-order valence-electron chi connectivity index (χ1n) is 14.7. The SMILES string of the molecule is CCCOc1c(Cl)cc(C(=O)Oc2ccc3c(c2)OC(N)=C(C#N)C3c2ccc(OCc3ccc(C)cc3)c(OCC)c2)cc1Cl. The summed E-state index contributed by atoms with van der Waals surface area (Å²) in [6.07, 6.45) is 0.773. The lowest BCUT2D eigenvalue weighted by Crippen LogP contribution is -2.21. The second-order valence-corrected chi connectivity index (χ2v) is 11.4. The number of aryl methyl sites for hydroxylation is 1. The molecule has 0 bridgehead atoms. The van der Waals surface area contributed by atoms with Crippen LogP contribution < -0.4 is 29.4 Å². The summed E-state index contributed by atoms with van der Waals surface area (Å²) < 4.78 is 29.1. The van der Waals surface area contributed by atoms with Crippen LogP contribution in [0.3, 0.4) is 0 Å². The van der Waals surface area contributed by atoms with E-state index in [0.29, 0.717) is 48.4 Å². The first kappa shape index (κ1) is 32.6. The van der Waals surface area contributed by atoms with Gasteiger partial charge in [-0.25, -0.2) is 4.79 Å². The van der Waals surface area contributed by atoms with E-state index in [2.05, 4.69) is 6.07 Å². The summed E-state index contributed by atoms with van der Waals surface area (Å²) in [6.45, 7) is 7.09. The van der Waals surface area contributed by atoms with Crippen LogP contribution in [0.25, 0.3) is 0 Å². The summed E-state index contributed by atoms with van der Waals surface area (Å²) in [5.41, 5.74) is 10.2. The summed E-state index contributed by atoms with van der Waals surface area (Å²) >= 11 is 12.6. The van der Waals surface area contributed by atoms with Gasteiger partial charge in [0.15, 0.2) is 17.2 Å². The average molecular weight is 660 g/mol. The standard InChI is InChI=1S/C36H32Cl2N2O6/c1-4-14-43-34-28(37)15-24(16-29(34)38)36(41)45-25-11-12-26-31(18-25)46-35(40)27(19-39)33(26)23-10-13-30(32(17-23)42-5-2)44-20-22-8-6-21(3)7-9-22/h6-13,15-18,33H,4-5,14,20,40H2,1-3H3. The average Bonchev–Trinajstić information content (AvgIpc) is 3.04. The molecule has 4 aromatic carbocycles. The predicted molar refractivity (Wildman–Crippen MR) is 176 cm³/mol. The zero-order chi connectivity index (χ0) is 32.8. The van der Waals surface area contributed by atoms with Crippen molar-refractivity contribution in [3.8, 4) is 34.8 Å². The summed E-state index contributed by atoms with van der Waals surface area (Å²) in [5, 5.41) is 10.5. The maximum Gasteiger partial charge on any atom is 0.343 e. The van der Waals surface area contributed by atoms with Gasteiger partial charge >= 0.3 is 5.97 Å². The van der Waals surface area contributed by atoms with Crippen LogP contribution in [0, 0.1) is 18.3 Å². The van der Waals surface area contributed by atoms with Crippen molar-refractivity contribution < 1.29 is 28.5 Å². The Balaban J connectivity index is 1.41. The number of rotatable bonds is 11. The Kier molecular flexibility index (Phi) is 10.3. The van der Waals surface area contributed by atoms with Gasteiger partial charge in [-0.15, -0.1) is 0 Å². The second kappa shape index (κ2) is 14.5. The number of halogens is 2. The molecule has 1 unspecified atom stereocenters. The van der Waals surface area contributed by atoms with Crippen molar-refractivity contribution in [1.82, 2.24) is 0 Å². The third kappa shape index (κ3) is 7.17. The van der Waals surface area contributed by atoms with Crippen molar-refractivity contribution in [2.24, 2.45) is 5.73 Å². The van der Waals surface area contributed by atoms with E-state index in [1.165, 1.54) is 17.7 Å². The third-order valence-electron chi connectivity index (χ3n) is 7.20. The fraction of sp³-hybridized carbons (Fsp3) is 0.222. The number of benzene rings is 4. The topological polar surface area (TPSA) is 113 Å². The van der Waals surface area contributed by atoms with Crippen LogP contribution in [0.15, 0.2) is 84.3 Å². The van der Waals surface area contributed by atoms with E-state index in [9.17, 15) is 10.1 Å². The highest BCUT2D eigenvalue weighted by Gasteiger charge is 2.32. The Bertz CT molecular complexity index is 1810. The molecule has 0 fully saturated rings. The molecule has 0 amide bonds. The second-order valence-electron chi connectivity index (χ2n) is 10.5. The number of hydrogen-bond acceptors (Lipinski definition) is 8. The smallest absolute Gasteiger partial charge is 0.343 e. The fourth-order valence-corrected chi connectivity index (χ4v) is 5.56. The number of nitrogens with zero attached hydrogens (tertiary/aromatic N) is 1. The van der Waals surface area contributed by atoms with Gasteiger partial charge in [-0.3, -0.25) is 0 Å². The molecule has 1 atom stereocenters. The van der Waals surface area contributed by atoms with Gasteiger partial charge in [0, 0.05) is 11.6 Å². The Morgan fingerprint density at radius 1 is 0.935 bits per heavy atom. The van der Waals surface area contributed by atoms with Gasteiger partial charge in [-0.2, -0.15) is 5.26 Å². The van der Waals surface area contributed by atoms with Crippen molar-refractivity contribution in [2.75, 3.05) is 13.2 Å². The third-order valence-corrected chi connectivity index (χ3v) is 7.76. The summed E-state index contributed by atoms with van der Waals surface area (Å²) in [4.78, 5) is 13.0. The minimum absolute atomic E-state index is 0.0534. The van der Waals surface area contributed by atoms with Crippen molar-refractivity contribution >= 4 is 29.2 Å². The van der Waals surface area contributed by atoms with E-state index in [4.69, 9.17) is 52.6 Å². The van der Waals surface area contributed by atoms with Crippen molar-refractivity contribution in [3.05, 3.63) is 122 Å². The van der Waals surface area contributed by atoms with E-state index >= 15 is 0 Å². The number of fused-ring (bicyclic) bond motifs is 1. The van der Waals surface area contributed by atoms with Gasteiger partial charge in [0.1, 0.15) is 29.7 Å². The van der Waals surface area contributed by atoms with E-state index < -0.39 is 11.9 Å². The number of ether oxygens (including phenoxy) is 5. The van der Waals surface area contributed by atoms with Gasteiger partial charge < -0.3 is 29.4 Å². The fourth-order valence-electron chi connectivity index (χ4n) is 4.96. The number of carbonyl (C=O) groups is 1. The Hall–Kier alpha value is -4.84. The van der Waals surface area contributed by atoms with Crippen molar-refractivity contribution in [1.29, 1.82) is 5.26 Å². The molecule has 46 heavy (non-hydrogen) atoms. The van der Waals surface area contributed by atoms with Crippen molar-refractivity contribution in [3.63, 3.8) is 0 Å². The van der Waals surface area contributed by atoms with Crippen LogP contribution in [0.1, 0.15) is 58.8 Å². The quantitative estimate of drug-likeness (QED) is 0.126. The highest BCUT2D eigenvalue weighted by atomic mass is 35.5. The summed E-state index contributed by atoms with van der Waals surface area (Å²) in [5.74, 6) is 0.643. The molecular weight excluding hydrogens is 627 g/mol. The van der Waals surface area contributed by atoms with Crippen LogP contribution in [-0.2, 0) is 6.61 Å². The highest BCUT2D eigenvalue weighted by Crippen LogP contribution is 2.45. The molecule has 0 radical (unpaired) electrons.